The van der Waals surface area contributed by atoms with Crippen molar-refractivity contribution in [3.05, 3.63) is 174 Å². The van der Waals surface area contributed by atoms with Crippen LogP contribution in [0.5, 0.6) is 0 Å². The van der Waals surface area contributed by atoms with E-state index < -0.39 is 0 Å². The largest absolute Gasteiger partial charge is 0.308 e. The van der Waals surface area contributed by atoms with Gasteiger partial charge in [0.2, 0.25) is 0 Å². The summed E-state index contributed by atoms with van der Waals surface area (Å²) in [6.45, 7) is 8.06. The SMILES string of the molecule is Cc1cccc(-c2ccc3c4ccccc4n(-c4cc(C#N)cc(-n5c6ccccc6c6ccc(-c7cccc(C)c7)cc65)c4-c4nc(C)nc(C)n4)c3c2)c1. The van der Waals surface area contributed by atoms with Gasteiger partial charge < -0.3 is 9.13 Å². The summed E-state index contributed by atoms with van der Waals surface area (Å²) in [4.78, 5) is 14.7. The van der Waals surface area contributed by atoms with Crippen molar-refractivity contribution in [3.8, 4) is 51.1 Å². The molecule has 0 N–H and O–H groups in total. The van der Waals surface area contributed by atoms with Crippen LogP contribution >= 0.6 is 0 Å². The molecule has 0 spiro atoms. The molecule has 0 unspecified atom stereocenters. The van der Waals surface area contributed by atoms with Crippen LogP contribution in [0.15, 0.2) is 146 Å². The second-order valence-corrected chi connectivity index (χ2v) is 14.7. The summed E-state index contributed by atoms with van der Waals surface area (Å²) in [5.41, 5.74) is 14.0. The van der Waals surface area contributed by atoms with Crippen LogP contribution in [0.2, 0.25) is 0 Å². The number of nitrogens with zero attached hydrogens (tertiary/aromatic N) is 6. The van der Waals surface area contributed by atoms with E-state index in [0.717, 1.165) is 82.8 Å². The van der Waals surface area contributed by atoms with Crippen LogP contribution in [0, 0.1) is 39.0 Å². The van der Waals surface area contributed by atoms with Gasteiger partial charge in [0, 0.05) is 21.5 Å². The molecule has 0 amide bonds. The van der Waals surface area contributed by atoms with Crippen LogP contribution in [0.3, 0.4) is 0 Å². The lowest BCUT2D eigenvalue weighted by Crippen LogP contribution is -2.08. The highest BCUT2D eigenvalue weighted by Gasteiger charge is 2.25. The van der Waals surface area contributed by atoms with E-state index in [1.165, 1.54) is 11.1 Å². The zero-order chi connectivity index (χ0) is 38.1. The normalized spacial score (nSPS) is 11.6. The molecule has 266 valence electrons. The van der Waals surface area contributed by atoms with E-state index in [1.54, 1.807) is 0 Å². The van der Waals surface area contributed by atoms with E-state index >= 15 is 0 Å². The first-order valence-electron chi connectivity index (χ1n) is 18.8. The van der Waals surface area contributed by atoms with Gasteiger partial charge in [0.05, 0.1) is 50.6 Å². The van der Waals surface area contributed by atoms with Crippen LogP contribution in [-0.4, -0.2) is 24.1 Å². The first kappa shape index (κ1) is 33.2. The topological polar surface area (TPSA) is 72.3 Å². The van der Waals surface area contributed by atoms with E-state index in [1.807, 2.05) is 26.0 Å². The first-order chi connectivity index (χ1) is 27.3. The van der Waals surface area contributed by atoms with E-state index in [-0.39, 0.29) is 0 Å². The van der Waals surface area contributed by atoms with Crippen LogP contribution < -0.4 is 0 Å². The smallest absolute Gasteiger partial charge is 0.167 e. The van der Waals surface area contributed by atoms with Gasteiger partial charge in [-0.15, -0.1) is 0 Å². The van der Waals surface area contributed by atoms with E-state index in [4.69, 9.17) is 9.97 Å². The first-order valence-corrected chi connectivity index (χ1v) is 18.8. The highest BCUT2D eigenvalue weighted by atomic mass is 15.1. The lowest BCUT2D eigenvalue weighted by Gasteiger charge is -2.20. The predicted octanol–water partition coefficient (Wildman–Crippen LogP) is 12.2. The summed E-state index contributed by atoms with van der Waals surface area (Å²) in [5.74, 6) is 1.80. The van der Waals surface area contributed by atoms with Crippen molar-refractivity contribution < 1.29 is 0 Å². The number of rotatable bonds is 5. The molecule has 0 saturated carbocycles. The Bertz CT molecular complexity index is 3060. The number of aromatic nitrogens is 5. The second kappa shape index (κ2) is 12.9. The van der Waals surface area contributed by atoms with Gasteiger partial charge in [0.25, 0.3) is 0 Å². The maximum Gasteiger partial charge on any atom is 0.167 e. The molecule has 6 nitrogen and oxygen atoms in total. The van der Waals surface area contributed by atoms with Gasteiger partial charge in [-0.1, -0.05) is 120 Å². The molecule has 3 aromatic heterocycles. The molecule has 0 aliphatic rings. The van der Waals surface area contributed by atoms with Crippen molar-refractivity contribution in [2.24, 2.45) is 0 Å². The molecule has 7 aromatic carbocycles. The summed E-state index contributed by atoms with van der Waals surface area (Å²) in [6.07, 6.45) is 0. The van der Waals surface area contributed by atoms with Crippen LogP contribution in [0.25, 0.3) is 88.6 Å². The minimum atomic E-state index is 0.530. The summed E-state index contributed by atoms with van der Waals surface area (Å²) >= 11 is 0. The third-order valence-corrected chi connectivity index (χ3v) is 10.8. The van der Waals surface area contributed by atoms with Gasteiger partial charge in [-0.05, 0) is 86.3 Å². The lowest BCUT2D eigenvalue weighted by molar-refractivity contribution is 0.924. The highest BCUT2D eigenvalue weighted by molar-refractivity contribution is 6.13. The maximum atomic E-state index is 10.8. The van der Waals surface area contributed by atoms with Gasteiger partial charge in [0.1, 0.15) is 11.6 Å². The Labute approximate surface area is 324 Å². The second-order valence-electron chi connectivity index (χ2n) is 14.7. The van der Waals surface area contributed by atoms with Crippen molar-refractivity contribution in [2.75, 3.05) is 0 Å². The molecule has 0 fully saturated rings. The quantitative estimate of drug-likeness (QED) is 0.177. The number of hydrogen-bond acceptors (Lipinski definition) is 4. The van der Waals surface area contributed by atoms with Crippen molar-refractivity contribution in [2.45, 2.75) is 27.7 Å². The fourth-order valence-electron chi connectivity index (χ4n) is 8.45. The lowest BCUT2D eigenvalue weighted by atomic mass is 10.0. The molecule has 6 heteroatoms. The average molecular weight is 721 g/mol. The number of fused-ring (bicyclic) bond motifs is 6. The third-order valence-electron chi connectivity index (χ3n) is 10.8. The van der Waals surface area contributed by atoms with Crippen LogP contribution in [-0.2, 0) is 0 Å². The van der Waals surface area contributed by atoms with Crippen LogP contribution in [0.1, 0.15) is 28.3 Å². The van der Waals surface area contributed by atoms with Gasteiger partial charge in [-0.3, -0.25) is 0 Å². The Kier molecular flexibility index (Phi) is 7.65. The number of hydrogen-bond donors (Lipinski definition) is 0. The number of nitriles is 1. The molecule has 3 heterocycles. The van der Waals surface area contributed by atoms with Crippen molar-refractivity contribution in [1.29, 1.82) is 5.26 Å². The minimum Gasteiger partial charge on any atom is -0.308 e. The molecule has 0 aliphatic carbocycles. The fourth-order valence-corrected chi connectivity index (χ4v) is 8.45. The predicted molar refractivity (Wildman–Crippen MR) is 228 cm³/mol. The Morgan fingerprint density at radius 1 is 0.429 bits per heavy atom. The van der Waals surface area contributed by atoms with Gasteiger partial charge in [0.15, 0.2) is 5.82 Å². The molecular weight excluding hydrogens is 685 g/mol. The molecule has 0 bridgehead atoms. The standard InChI is InChI=1S/C50H36N6/c1-30-11-9-13-35(23-30)37-19-21-41-39-15-5-7-17-43(39)55(45(41)27-37)47-25-34(29-51)26-48(49(47)50-53-32(3)52-33(4)54-50)56-44-18-8-6-16-40(44)42-22-20-38(28-46(42)56)36-14-10-12-31(2)24-36/h5-28H,1-4H3. The summed E-state index contributed by atoms with van der Waals surface area (Å²) in [6, 6.07) is 54.1. The van der Waals surface area contributed by atoms with Gasteiger partial charge >= 0.3 is 0 Å². The van der Waals surface area contributed by atoms with Gasteiger partial charge in [-0.2, -0.15) is 5.26 Å². The zero-order valence-electron chi connectivity index (χ0n) is 31.5. The summed E-state index contributed by atoms with van der Waals surface area (Å²) in [5, 5.41) is 15.3. The monoisotopic (exact) mass is 720 g/mol. The zero-order valence-corrected chi connectivity index (χ0v) is 31.5. The molecule has 10 rings (SSSR count). The third kappa shape index (κ3) is 5.36. The molecular formula is C50H36N6. The Morgan fingerprint density at radius 3 is 1.34 bits per heavy atom. The summed E-state index contributed by atoms with van der Waals surface area (Å²) in [7, 11) is 0. The van der Waals surface area contributed by atoms with Crippen molar-refractivity contribution >= 4 is 43.6 Å². The minimum absolute atomic E-state index is 0.530. The molecule has 0 radical (unpaired) electrons. The maximum absolute atomic E-state index is 10.8. The Morgan fingerprint density at radius 2 is 0.875 bits per heavy atom. The van der Waals surface area contributed by atoms with E-state index in [9.17, 15) is 5.26 Å². The number of benzene rings is 7. The summed E-state index contributed by atoms with van der Waals surface area (Å²) < 4.78 is 4.59. The average Bonchev–Trinajstić information content (AvgIpc) is 3.72. The fraction of sp³-hybridized carbons (Fsp3) is 0.0800. The van der Waals surface area contributed by atoms with Crippen molar-refractivity contribution in [1.82, 2.24) is 24.1 Å². The molecule has 0 atom stereocenters. The molecule has 10 aromatic rings. The Hall–Kier alpha value is -7.36. The number of para-hydroxylation sites is 2. The molecule has 0 saturated heterocycles. The molecule has 56 heavy (non-hydrogen) atoms. The van der Waals surface area contributed by atoms with E-state index in [2.05, 4.69) is 167 Å². The van der Waals surface area contributed by atoms with Gasteiger partial charge in [-0.25, -0.2) is 15.0 Å². The van der Waals surface area contributed by atoms with E-state index in [0.29, 0.717) is 23.0 Å². The van der Waals surface area contributed by atoms with Crippen molar-refractivity contribution in [3.63, 3.8) is 0 Å². The highest BCUT2D eigenvalue weighted by Crippen LogP contribution is 2.43. The molecule has 0 aliphatic heterocycles. The number of aryl methyl sites for hydroxylation is 4. The Balaban J connectivity index is 1.37. The van der Waals surface area contributed by atoms with Crippen LogP contribution in [0.4, 0.5) is 0 Å².